The highest BCUT2D eigenvalue weighted by molar-refractivity contribution is 6.07. The molecule has 0 saturated heterocycles. The van der Waals surface area contributed by atoms with Gasteiger partial charge in [-0.3, -0.25) is 9.59 Å². The first-order chi connectivity index (χ1) is 7.63. The molecule has 1 aromatic rings. The van der Waals surface area contributed by atoms with Gasteiger partial charge < -0.3 is 5.32 Å². The molecule has 1 amide bonds. The Kier molecular flexibility index (Phi) is 4.21. The molecule has 3 heteroatoms. The van der Waals surface area contributed by atoms with E-state index in [9.17, 15) is 9.59 Å². The summed E-state index contributed by atoms with van der Waals surface area (Å²) in [6.45, 7) is 6.98. The van der Waals surface area contributed by atoms with Crippen molar-refractivity contribution in [3.8, 4) is 0 Å². The van der Waals surface area contributed by atoms with Crippen LogP contribution in [0.4, 0.5) is 0 Å². The maximum Gasteiger partial charge on any atom is 0.232 e. The van der Waals surface area contributed by atoms with E-state index in [-0.39, 0.29) is 18.1 Å². The monoisotopic (exact) mass is 215 g/mol. The molecule has 0 aliphatic carbocycles. The lowest BCUT2D eigenvalue weighted by molar-refractivity contribution is -0.119. The van der Waals surface area contributed by atoms with Gasteiger partial charge in [0.05, 0.1) is 6.42 Å². The Labute approximate surface area is 94.5 Å². The summed E-state index contributed by atoms with van der Waals surface area (Å²) in [5.41, 5.74) is 0.924. The van der Waals surface area contributed by atoms with E-state index in [0.29, 0.717) is 11.3 Å². The van der Waals surface area contributed by atoms with Crippen LogP contribution < -0.4 is 5.32 Å². The van der Waals surface area contributed by atoms with Crippen LogP contribution in [0, 0.1) is 0 Å². The van der Waals surface area contributed by atoms with Crippen molar-refractivity contribution in [3.63, 3.8) is 0 Å². The zero-order valence-corrected chi connectivity index (χ0v) is 8.90. The Morgan fingerprint density at radius 3 is 2.44 bits per heavy atom. The topological polar surface area (TPSA) is 46.2 Å². The second kappa shape index (κ2) is 5.66. The van der Waals surface area contributed by atoms with Gasteiger partial charge in [0, 0.05) is 11.3 Å². The first kappa shape index (κ1) is 11.9. The maximum absolute atomic E-state index is 11.6. The number of carbonyl (C=O) groups excluding carboxylic acids is 2. The summed E-state index contributed by atoms with van der Waals surface area (Å²) in [5.74, 6) is -0.589. The van der Waals surface area contributed by atoms with Gasteiger partial charge in [0.25, 0.3) is 0 Å². The molecule has 0 radical (unpaired) electrons. The van der Waals surface area contributed by atoms with Gasteiger partial charge >= 0.3 is 0 Å². The summed E-state index contributed by atoms with van der Waals surface area (Å²) in [5, 5.41) is 2.46. The molecular weight excluding hydrogens is 202 g/mol. The number of rotatable bonds is 5. The van der Waals surface area contributed by atoms with Gasteiger partial charge in [0.1, 0.15) is 0 Å². The third-order valence-corrected chi connectivity index (χ3v) is 1.96. The van der Waals surface area contributed by atoms with Gasteiger partial charge in [0.15, 0.2) is 5.78 Å². The van der Waals surface area contributed by atoms with Gasteiger partial charge in [-0.25, -0.2) is 0 Å². The molecule has 0 aliphatic heterocycles. The number of hydrogen-bond acceptors (Lipinski definition) is 2. The average Bonchev–Trinajstić information content (AvgIpc) is 2.29. The van der Waals surface area contributed by atoms with E-state index in [0.717, 1.165) is 0 Å². The quantitative estimate of drug-likeness (QED) is 0.464. The van der Waals surface area contributed by atoms with Gasteiger partial charge in [-0.15, -0.1) is 0 Å². The average molecular weight is 215 g/mol. The number of hydrogen-bond donors (Lipinski definition) is 1. The maximum atomic E-state index is 11.6. The highest BCUT2D eigenvalue weighted by Crippen LogP contribution is 2.03. The number of allylic oxidation sites excluding steroid dienone is 1. The molecule has 0 aliphatic rings. The molecule has 3 nitrogen and oxygen atoms in total. The molecule has 1 aromatic carbocycles. The molecule has 0 unspecified atom stereocenters. The summed E-state index contributed by atoms with van der Waals surface area (Å²) >= 11 is 0. The number of benzene rings is 1. The van der Waals surface area contributed by atoms with Crippen molar-refractivity contribution in [1.82, 2.24) is 5.32 Å². The molecule has 1 rings (SSSR count). The van der Waals surface area contributed by atoms with Crippen molar-refractivity contribution in [2.75, 3.05) is 0 Å². The molecule has 0 bridgehead atoms. The van der Waals surface area contributed by atoms with Crippen LogP contribution in [0.3, 0.4) is 0 Å². The van der Waals surface area contributed by atoms with Gasteiger partial charge in [-0.2, -0.15) is 0 Å². The third-order valence-electron chi connectivity index (χ3n) is 1.96. The standard InChI is InChI=1S/C13H13NO2/c1-3-10(2)14-13(16)9-12(15)11-7-5-4-6-8-11/h3-8H,1-2,9H2,(H,14,16). The van der Waals surface area contributed by atoms with Gasteiger partial charge in [-0.1, -0.05) is 43.5 Å². The summed E-state index contributed by atoms with van der Waals surface area (Å²) in [7, 11) is 0. The Hall–Kier alpha value is -2.16. The fraction of sp³-hybridized carbons (Fsp3) is 0.0769. The van der Waals surface area contributed by atoms with Crippen LogP contribution in [0.5, 0.6) is 0 Å². The molecule has 1 N–H and O–H groups in total. The fourth-order valence-electron chi connectivity index (χ4n) is 1.15. The molecule has 0 spiro atoms. The SMILES string of the molecule is C=CC(=C)NC(=O)CC(=O)c1ccccc1. The third kappa shape index (κ3) is 3.53. The minimum absolute atomic E-state index is 0.184. The minimum atomic E-state index is -0.376. The smallest absolute Gasteiger partial charge is 0.232 e. The fourth-order valence-corrected chi connectivity index (χ4v) is 1.15. The molecule has 82 valence electrons. The van der Waals surface area contributed by atoms with E-state index in [1.165, 1.54) is 6.08 Å². The number of Topliss-reactive ketones (excluding diaryl/α,β-unsaturated/α-hetero) is 1. The summed E-state index contributed by atoms with van der Waals surface area (Å²) < 4.78 is 0. The lowest BCUT2D eigenvalue weighted by atomic mass is 10.1. The Bertz CT molecular complexity index is 421. The van der Waals surface area contributed by atoms with E-state index in [1.807, 2.05) is 6.07 Å². The van der Waals surface area contributed by atoms with Crippen LogP contribution in [0.2, 0.25) is 0 Å². The minimum Gasteiger partial charge on any atom is -0.326 e. The van der Waals surface area contributed by atoms with Crippen LogP contribution in [0.1, 0.15) is 16.8 Å². The number of carbonyl (C=O) groups is 2. The van der Waals surface area contributed by atoms with E-state index in [2.05, 4.69) is 18.5 Å². The molecule has 16 heavy (non-hydrogen) atoms. The zero-order chi connectivity index (χ0) is 12.0. The van der Waals surface area contributed by atoms with Crippen LogP contribution in [0.15, 0.2) is 55.3 Å². The van der Waals surface area contributed by atoms with Crippen LogP contribution >= 0.6 is 0 Å². The lowest BCUT2D eigenvalue weighted by Crippen LogP contribution is -2.23. The largest absolute Gasteiger partial charge is 0.326 e. The molecule has 0 fully saturated rings. The summed E-state index contributed by atoms with van der Waals surface area (Å²) in [6.07, 6.45) is 1.24. The zero-order valence-electron chi connectivity index (χ0n) is 8.90. The number of amides is 1. The second-order valence-electron chi connectivity index (χ2n) is 3.24. The van der Waals surface area contributed by atoms with Crippen molar-refractivity contribution >= 4 is 11.7 Å². The summed E-state index contributed by atoms with van der Waals surface area (Å²) in [6, 6.07) is 8.69. The molecule has 0 atom stereocenters. The molecular formula is C13H13NO2. The van der Waals surface area contributed by atoms with E-state index < -0.39 is 0 Å². The van der Waals surface area contributed by atoms with Crippen LogP contribution in [-0.4, -0.2) is 11.7 Å². The molecule has 0 saturated carbocycles. The Morgan fingerprint density at radius 1 is 1.25 bits per heavy atom. The van der Waals surface area contributed by atoms with E-state index >= 15 is 0 Å². The predicted octanol–water partition coefficient (Wildman–Crippen LogP) is 2.08. The Morgan fingerprint density at radius 2 is 1.88 bits per heavy atom. The predicted molar refractivity (Wildman–Crippen MR) is 62.9 cm³/mol. The van der Waals surface area contributed by atoms with Crippen molar-refractivity contribution in [1.29, 1.82) is 0 Å². The highest BCUT2D eigenvalue weighted by Gasteiger charge is 2.10. The summed E-state index contributed by atoms with van der Waals surface area (Å²) in [4.78, 5) is 23.0. The second-order valence-corrected chi connectivity index (χ2v) is 3.24. The Balaban J connectivity index is 2.56. The van der Waals surface area contributed by atoms with Crippen molar-refractivity contribution in [2.24, 2.45) is 0 Å². The van der Waals surface area contributed by atoms with Crippen LogP contribution in [0.25, 0.3) is 0 Å². The van der Waals surface area contributed by atoms with Crippen molar-refractivity contribution in [2.45, 2.75) is 6.42 Å². The molecule has 0 aromatic heterocycles. The normalized spacial score (nSPS) is 9.25. The lowest BCUT2D eigenvalue weighted by Gasteiger charge is -2.03. The first-order valence-electron chi connectivity index (χ1n) is 4.83. The van der Waals surface area contributed by atoms with E-state index in [4.69, 9.17) is 0 Å². The van der Waals surface area contributed by atoms with Gasteiger partial charge in [-0.05, 0) is 6.08 Å². The van der Waals surface area contributed by atoms with Gasteiger partial charge in [0.2, 0.25) is 5.91 Å². The number of nitrogens with one attached hydrogen (secondary N) is 1. The highest BCUT2D eigenvalue weighted by atomic mass is 16.2. The van der Waals surface area contributed by atoms with Crippen molar-refractivity contribution < 1.29 is 9.59 Å². The van der Waals surface area contributed by atoms with Crippen molar-refractivity contribution in [3.05, 3.63) is 60.8 Å². The number of ketones is 1. The van der Waals surface area contributed by atoms with E-state index in [1.54, 1.807) is 24.3 Å². The van der Waals surface area contributed by atoms with Crippen LogP contribution in [-0.2, 0) is 4.79 Å². The first-order valence-corrected chi connectivity index (χ1v) is 4.83. The molecule has 0 heterocycles.